The summed E-state index contributed by atoms with van der Waals surface area (Å²) in [6.45, 7) is 4.91. The maximum absolute atomic E-state index is 15.0. The van der Waals surface area contributed by atoms with Gasteiger partial charge in [0.1, 0.15) is 28.8 Å². The van der Waals surface area contributed by atoms with Gasteiger partial charge in [0.15, 0.2) is 11.6 Å². The highest BCUT2D eigenvalue weighted by Gasteiger charge is 2.22. The summed E-state index contributed by atoms with van der Waals surface area (Å²) in [5.74, 6) is 0.581. The Morgan fingerprint density at radius 1 is 1.07 bits per heavy atom. The predicted octanol–water partition coefficient (Wildman–Crippen LogP) is 5.65. The molecule has 2 N–H and O–H groups in total. The molecule has 0 spiro atoms. The molecule has 5 rings (SSSR count). The zero-order valence-electron chi connectivity index (χ0n) is 22.1. The molecule has 12 heteroatoms. The van der Waals surface area contributed by atoms with Crippen LogP contribution in [0.4, 0.5) is 14.9 Å². The van der Waals surface area contributed by atoms with Gasteiger partial charge in [-0.25, -0.2) is 24.1 Å². The minimum absolute atomic E-state index is 0.00909. The number of anilines is 1. The van der Waals surface area contributed by atoms with Gasteiger partial charge in [0, 0.05) is 23.1 Å². The molecule has 10 nitrogen and oxygen atoms in total. The molecule has 40 heavy (non-hydrogen) atoms. The molecule has 5 aromatic rings. The number of pyridine rings is 1. The molecule has 0 aliphatic rings. The summed E-state index contributed by atoms with van der Waals surface area (Å²) >= 11 is 1.35. The molecule has 1 amide bonds. The normalized spacial score (nSPS) is 12.8. The quantitative estimate of drug-likeness (QED) is 0.246. The van der Waals surface area contributed by atoms with Crippen LogP contribution in [0.5, 0.6) is 11.5 Å². The SMILES string of the molecule is COc1cnc2c(-c3nc4cc(F)c(O[C@@H](C)[C@@H](C)OC(=O)Nc5cnc(C)nc5)cc4s3)cc(CO)cc2c1. The number of aliphatic hydroxyl groups excluding tert-OH is 1. The van der Waals surface area contributed by atoms with Crippen molar-refractivity contribution in [1.82, 2.24) is 19.9 Å². The number of aliphatic hydroxyl groups is 1. The van der Waals surface area contributed by atoms with E-state index in [1.54, 1.807) is 40.1 Å². The van der Waals surface area contributed by atoms with E-state index in [2.05, 4.69) is 25.3 Å². The summed E-state index contributed by atoms with van der Waals surface area (Å²) in [6, 6.07) is 8.38. The second-order valence-electron chi connectivity index (χ2n) is 9.10. The lowest BCUT2D eigenvalue weighted by atomic mass is 10.1. The number of hydrogen-bond donors (Lipinski definition) is 2. The van der Waals surface area contributed by atoms with Crippen LogP contribution >= 0.6 is 11.3 Å². The number of halogens is 1. The molecule has 0 aliphatic heterocycles. The van der Waals surface area contributed by atoms with Crippen molar-refractivity contribution in [3.8, 4) is 22.1 Å². The van der Waals surface area contributed by atoms with E-state index in [1.165, 1.54) is 29.8 Å². The number of methoxy groups -OCH3 is 1. The highest BCUT2D eigenvalue weighted by molar-refractivity contribution is 7.21. The van der Waals surface area contributed by atoms with Crippen molar-refractivity contribution in [3.05, 3.63) is 66.1 Å². The number of fused-ring (bicyclic) bond motifs is 2. The minimum atomic E-state index is -0.706. The van der Waals surface area contributed by atoms with Gasteiger partial charge in [-0.2, -0.15) is 0 Å². The van der Waals surface area contributed by atoms with Crippen molar-refractivity contribution in [2.75, 3.05) is 12.4 Å². The molecule has 2 atom stereocenters. The fourth-order valence-electron chi connectivity index (χ4n) is 3.96. The van der Waals surface area contributed by atoms with E-state index >= 15 is 4.39 Å². The van der Waals surface area contributed by atoms with Crippen molar-refractivity contribution in [1.29, 1.82) is 0 Å². The number of carbonyl (C=O) groups is 1. The fourth-order valence-corrected chi connectivity index (χ4v) is 4.95. The van der Waals surface area contributed by atoms with Crippen LogP contribution in [-0.2, 0) is 11.3 Å². The van der Waals surface area contributed by atoms with Crippen LogP contribution in [0, 0.1) is 12.7 Å². The number of aromatic nitrogens is 4. The Labute approximate surface area is 232 Å². The smallest absolute Gasteiger partial charge is 0.412 e. The van der Waals surface area contributed by atoms with Gasteiger partial charge in [-0.3, -0.25) is 10.3 Å². The van der Waals surface area contributed by atoms with E-state index in [0.29, 0.717) is 49.1 Å². The Bertz CT molecular complexity index is 1690. The van der Waals surface area contributed by atoms with Gasteiger partial charge >= 0.3 is 6.09 Å². The molecule has 0 unspecified atom stereocenters. The Morgan fingerprint density at radius 2 is 1.85 bits per heavy atom. The second-order valence-corrected chi connectivity index (χ2v) is 10.1. The number of nitrogens with one attached hydrogen (secondary N) is 1. The van der Waals surface area contributed by atoms with Crippen molar-refractivity contribution >= 4 is 44.2 Å². The third kappa shape index (κ3) is 5.77. The monoisotopic (exact) mass is 563 g/mol. The summed E-state index contributed by atoms with van der Waals surface area (Å²) in [5.41, 5.74) is 2.93. The van der Waals surface area contributed by atoms with Gasteiger partial charge in [-0.1, -0.05) is 0 Å². The van der Waals surface area contributed by atoms with E-state index in [0.717, 1.165) is 5.39 Å². The molecule has 206 valence electrons. The number of aryl methyl sites for hydroxylation is 1. The highest BCUT2D eigenvalue weighted by atomic mass is 32.1. The maximum atomic E-state index is 15.0. The largest absolute Gasteiger partial charge is 0.495 e. The predicted molar refractivity (Wildman–Crippen MR) is 149 cm³/mol. The fraction of sp³-hybridized carbons (Fsp3) is 0.250. The van der Waals surface area contributed by atoms with Crippen molar-refractivity contribution in [2.45, 2.75) is 39.6 Å². The summed E-state index contributed by atoms with van der Waals surface area (Å²) in [6.07, 6.45) is 2.48. The lowest BCUT2D eigenvalue weighted by Crippen LogP contribution is -2.32. The first-order valence-corrected chi connectivity index (χ1v) is 13.2. The number of rotatable bonds is 8. The van der Waals surface area contributed by atoms with E-state index in [9.17, 15) is 9.90 Å². The first-order chi connectivity index (χ1) is 19.2. The number of thiazole rings is 1. The van der Waals surface area contributed by atoms with Crippen molar-refractivity contribution in [2.24, 2.45) is 0 Å². The third-order valence-corrected chi connectivity index (χ3v) is 7.25. The van der Waals surface area contributed by atoms with Gasteiger partial charge in [0.25, 0.3) is 0 Å². The van der Waals surface area contributed by atoms with Gasteiger partial charge in [0.2, 0.25) is 0 Å². The molecule has 3 heterocycles. The molecule has 0 aliphatic carbocycles. The van der Waals surface area contributed by atoms with Crippen LogP contribution in [-0.4, -0.2) is 50.5 Å². The van der Waals surface area contributed by atoms with Crippen LogP contribution in [0.1, 0.15) is 25.2 Å². The van der Waals surface area contributed by atoms with Crippen molar-refractivity contribution in [3.63, 3.8) is 0 Å². The zero-order chi connectivity index (χ0) is 28.4. The molecule has 0 saturated heterocycles. The molecule has 0 bridgehead atoms. The van der Waals surface area contributed by atoms with Crippen molar-refractivity contribution < 1.29 is 28.5 Å². The summed E-state index contributed by atoms with van der Waals surface area (Å²) in [4.78, 5) is 29.5. The van der Waals surface area contributed by atoms with Gasteiger partial charge in [-0.15, -0.1) is 11.3 Å². The highest BCUT2D eigenvalue weighted by Crippen LogP contribution is 2.38. The van der Waals surface area contributed by atoms with Gasteiger partial charge in [-0.05, 0) is 44.5 Å². The number of nitrogens with zero attached hydrogens (tertiary/aromatic N) is 4. The average Bonchev–Trinajstić information content (AvgIpc) is 3.35. The lowest BCUT2D eigenvalue weighted by molar-refractivity contribution is 0.0402. The number of amides is 1. The topological polar surface area (TPSA) is 129 Å². The molecular weight excluding hydrogens is 537 g/mol. The van der Waals surface area contributed by atoms with E-state index in [1.807, 2.05) is 18.2 Å². The van der Waals surface area contributed by atoms with E-state index in [4.69, 9.17) is 14.2 Å². The number of benzene rings is 2. The first kappa shape index (κ1) is 27.2. The van der Waals surface area contributed by atoms with Crippen LogP contribution in [0.25, 0.3) is 31.7 Å². The standard InChI is InChI=1S/C28H26FN5O5S/c1-14(15(2)39-28(36)33-19-10-30-16(3)31-11-19)38-24-9-25-23(8-22(24)29)34-27(40-25)21-6-17(13-35)5-18-7-20(37-4)12-32-26(18)21/h5-12,14-15,35H,13H2,1-4H3,(H,33,36)/t14-,15+/m0/s1. The Morgan fingerprint density at radius 3 is 2.58 bits per heavy atom. The van der Waals surface area contributed by atoms with Crippen LogP contribution in [0.3, 0.4) is 0 Å². The minimum Gasteiger partial charge on any atom is -0.495 e. The van der Waals surface area contributed by atoms with Crippen LogP contribution in [0.15, 0.2) is 48.9 Å². The lowest BCUT2D eigenvalue weighted by Gasteiger charge is -2.22. The van der Waals surface area contributed by atoms with Gasteiger partial charge < -0.3 is 19.3 Å². The number of hydrogen-bond acceptors (Lipinski definition) is 10. The Hall–Kier alpha value is -4.42. The summed E-state index contributed by atoms with van der Waals surface area (Å²) in [7, 11) is 1.56. The van der Waals surface area contributed by atoms with Crippen LogP contribution < -0.4 is 14.8 Å². The summed E-state index contributed by atoms with van der Waals surface area (Å²) in [5, 5.41) is 13.8. The maximum Gasteiger partial charge on any atom is 0.412 e. The van der Waals surface area contributed by atoms with E-state index < -0.39 is 24.1 Å². The number of carbonyl (C=O) groups excluding carboxylic acids is 1. The molecule has 0 fully saturated rings. The average molecular weight is 564 g/mol. The second kappa shape index (κ2) is 11.4. The molecule has 0 saturated carbocycles. The molecule has 2 aromatic carbocycles. The van der Waals surface area contributed by atoms with E-state index in [-0.39, 0.29) is 12.4 Å². The molecular formula is C28H26FN5O5S. The number of ether oxygens (including phenoxy) is 3. The first-order valence-electron chi connectivity index (χ1n) is 12.3. The Balaban J connectivity index is 1.36. The van der Waals surface area contributed by atoms with Gasteiger partial charge in [0.05, 0.1) is 53.7 Å². The third-order valence-electron chi connectivity index (χ3n) is 6.20. The Kier molecular flexibility index (Phi) is 7.71. The molecule has 0 radical (unpaired) electrons. The molecule has 3 aromatic heterocycles. The summed E-state index contributed by atoms with van der Waals surface area (Å²) < 4.78 is 32.3. The zero-order valence-corrected chi connectivity index (χ0v) is 23.0. The van der Waals surface area contributed by atoms with Crippen LogP contribution in [0.2, 0.25) is 0 Å².